The zero-order valence-corrected chi connectivity index (χ0v) is 20.4. The Morgan fingerprint density at radius 2 is 1.81 bits per heavy atom. The highest BCUT2D eigenvalue weighted by molar-refractivity contribution is 5.94. The summed E-state index contributed by atoms with van der Waals surface area (Å²) in [4.78, 5) is 54.2. The number of guanidine groups is 1. The highest BCUT2D eigenvalue weighted by Gasteiger charge is 2.42. The molecule has 0 aromatic heterocycles. The Kier molecular flexibility index (Phi) is 9.80. The van der Waals surface area contributed by atoms with Crippen LogP contribution in [0.1, 0.15) is 44.1 Å². The molecular weight excluding hydrogens is 462 g/mol. The molecule has 0 bridgehead atoms. The average molecular weight is 499 g/mol. The topological polar surface area (TPSA) is 175 Å². The maximum absolute atomic E-state index is 13.7. The molecule has 1 aromatic rings. The van der Waals surface area contributed by atoms with E-state index in [1.165, 1.54) is 4.90 Å². The molecule has 11 heteroatoms. The van der Waals surface area contributed by atoms with Crippen LogP contribution < -0.4 is 22.1 Å². The summed E-state index contributed by atoms with van der Waals surface area (Å²) < 4.78 is 0. The number of hydrogen-bond donors (Lipinski definition) is 5. The summed E-state index contributed by atoms with van der Waals surface area (Å²) in [7, 11) is 0. The molecular formula is C25H36N7O4. The lowest BCUT2D eigenvalue weighted by molar-refractivity contribution is -0.145. The minimum absolute atomic E-state index is 0.150. The van der Waals surface area contributed by atoms with Gasteiger partial charge in [0.05, 0.1) is 12.1 Å². The van der Waals surface area contributed by atoms with Crippen LogP contribution in [0.2, 0.25) is 0 Å². The van der Waals surface area contributed by atoms with Gasteiger partial charge in [-0.15, -0.1) is 0 Å². The number of nitrogens with one attached hydrogen (secondary N) is 3. The molecule has 4 atom stereocenters. The van der Waals surface area contributed by atoms with Gasteiger partial charge < -0.3 is 31.9 Å². The lowest BCUT2D eigenvalue weighted by Crippen LogP contribution is -2.57. The molecule has 2 heterocycles. The number of rotatable bonds is 11. The summed E-state index contributed by atoms with van der Waals surface area (Å²) in [5, 5.41) is 12.7. The average Bonchev–Trinajstić information content (AvgIpc) is 3.55. The fraction of sp³-hybridized carbons (Fsp3) is 0.560. The number of nitrogens with two attached hydrogens (primary N) is 2. The maximum atomic E-state index is 13.7. The van der Waals surface area contributed by atoms with E-state index in [0.717, 1.165) is 12.0 Å². The highest BCUT2D eigenvalue weighted by Crippen LogP contribution is 2.25. The van der Waals surface area contributed by atoms with Crippen molar-refractivity contribution in [3.8, 4) is 0 Å². The molecule has 0 saturated carbocycles. The SMILES string of the molecule is N=C(N)NCCC[C@H](N)C(=O)N[C@@H](Cc1ccccc1)C(=O)N1CCC[C@H]1C(=O)N1CCC[C@H]1[C]=O. The van der Waals surface area contributed by atoms with Gasteiger partial charge in [-0.2, -0.15) is 0 Å². The molecule has 3 amide bonds. The van der Waals surface area contributed by atoms with Crippen LogP contribution in [-0.4, -0.2) is 83.6 Å². The van der Waals surface area contributed by atoms with Gasteiger partial charge in [0, 0.05) is 26.1 Å². The van der Waals surface area contributed by atoms with Gasteiger partial charge in [0.2, 0.25) is 24.0 Å². The van der Waals surface area contributed by atoms with Crippen molar-refractivity contribution in [2.24, 2.45) is 11.5 Å². The van der Waals surface area contributed by atoms with Crippen molar-refractivity contribution >= 4 is 30.0 Å². The van der Waals surface area contributed by atoms with Crippen LogP contribution >= 0.6 is 0 Å². The van der Waals surface area contributed by atoms with E-state index in [0.29, 0.717) is 51.7 Å². The lowest BCUT2D eigenvalue weighted by atomic mass is 10.0. The van der Waals surface area contributed by atoms with Gasteiger partial charge in [0.25, 0.3) is 0 Å². The molecule has 0 spiro atoms. The molecule has 1 aromatic carbocycles. The van der Waals surface area contributed by atoms with Crippen LogP contribution in [0, 0.1) is 5.41 Å². The largest absolute Gasteiger partial charge is 0.370 e. The van der Waals surface area contributed by atoms with E-state index in [2.05, 4.69) is 10.6 Å². The number of amides is 3. The Labute approximate surface area is 211 Å². The first kappa shape index (κ1) is 27.1. The van der Waals surface area contributed by atoms with Crippen LogP contribution in [0.5, 0.6) is 0 Å². The molecule has 11 nitrogen and oxygen atoms in total. The number of likely N-dealkylation sites (tertiary alicyclic amines) is 2. The van der Waals surface area contributed by atoms with E-state index < -0.39 is 30.1 Å². The highest BCUT2D eigenvalue weighted by atomic mass is 16.2. The maximum Gasteiger partial charge on any atom is 0.246 e. The second-order valence-corrected chi connectivity index (χ2v) is 9.34. The Hall–Kier alpha value is -3.47. The van der Waals surface area contributed by atoms with E-state index >= 15 is 0 Å². The normalized spacial score (nSPS) is 21.0. The first-order valence-corrected chi connectivity index (χ1v) is 12.5. The molecule has 2 fully saturated rings. The fourth-order valence-corrected chi connectivity index (χ4v) is 4.84. The standard InChI is InChI=1S/C25H36N7O4/c26-19(10-4-12-29-25(27)28)22(34)30-20(15-17-7-2-1-3-8-17)23(35)32-14-6-11-21(32)24(36)31-13-5-9-18(31)16-33/h1-3,7-8,18-21H,4-6,9-15,26H2,(H,30,34)(H4,27,28,29)/t18-,19-,20-,21-/m0/s1. The Morgan fingerprint density at radius 3 is 2.50 bits per heavy atom. The molecule has 0 unspecified atom stereocenters. The third-order valence-corrected chi connectivity index (χ3v) is 6.73. The van der Waals surface area contributed by atoms with Crippen molar-refractivity contribution in [2.45, 2.75) is 69.1 Å². The predicted molar refractivity (Wildman–Crippen MR) is 134 cm³/mol. The van der Waals surface area contributed by atoms with E-state index in [1.54, 1.807) is 4.90 Å². The van der Waals surface area contributed by atoms with Gasteiger partial charge in [0.15, 0.2) is 5.96 Å². The van der Waals surface area contributed by atoms with Gasteiger partial charge in [-0.3, -0.25) is 24.6 Å². The van der Waals surface area contributed by atoms with E-state index in [4.69, 9.17) is 16.9 Å². The third-order valence-electron chi connectivity index (χ3n) is 6.73. The summed E-state index contributed by atoms with van der Waals surface area (Å²) >= 11 is 0. The van der Waals surface area contributed by atoms with Crippen LogP contribution in [0.3, 0.4) is 0 Å². The summed E-state index contributed by atoms with van der Waals surface area (Å²) in [6.07, 6.45) is 5.58. The van der Waals surface area contributed by atoms with Gasteiger partial charge >= 0.3 is 0 Å². The lowest BCUT2D eigenvalue weighted by Gasteiger charge is -2.32. The van der Waals surface area contributed by atoms with Gasteiger partial charge in [0.1, 0.15) is 12.1 Å². The first-order chi connectivity index (χ1) is 17.3. The minimum Gasteiger partial charge on any atom is -0.370 e. The van der Waals surface area contributed by atoms with Crippen LogP contribution in [-0.2, 0) is 25.6 Å². The smallest absolute Gasteiger partial charge is 0.246 e. The number of nitrogens with zero attached hydrogens (tertiary/aromatic N) is 2. The van der Waals surface area contributed by atoms with Crippen molar-refractivity contribution in [3.63, 3.8) is 0 Å². The number of carbonyl (C=O) groups is 3. The van der Waals surface area contributed by atoms with E-state index in [9.17, 15) is 19.2 Å². The summed E-state index contributed by atoms with van der Waals surface area (Å²) in [6, 6.07) is 6.39. The molecule has 7 N–H and O–H groups in total. The Bertz CT molecular complexity index is 942. The first-order valence-electron chi connectivity index (χ1n) is 12.5. The van der Waals surface area contributed by atoms with Crippen LogP contribution in [0.4, 0.5) is 0 Å². The molecule has 2 aliphatic rings. The molecule has 0 aliphatic carbocycles. The van der Waals surface area contributed by atoms with Gasteiger partial charge in [-0.1, -0.05) is 30.3 Å². The Morgan fingerprint density at radius 1 is 1.11 bits per heavy atom. The molecule has 3 rings (SSSR count). The molecule has 36 heavy (non-hydrogen) atoms. The van der Waals surface area contributed by atoms with Crippen molar-refractivity contribution in [2.75, 3.05) is 19.6 Å². The van der Waals surface area contributed by atoms with Crippen molar-refractivity contribution in [3.05, 3.63) is 35.9 Å². The van der Waals surface area contributed by atoms with E-state index in [1.807, 2.05) is 36.6 Å². The van der Waals surface area contributed by atoms with Crippen molar-refractivity contribution in [1.82, 2.24) is 20.4 Å². The van der Waals surface area contributed by atoms with Crippen LogP contribution in [0.15, 0.2) is 30.3 Å². The van der Waals surface area contributed by atoms with Gasteiger partial charge in [-0.25, -0.2) is 0 Å². The minimum atomic E-state index is -0.887. The fourth-order valence-electron chi connectivity index (χ4n) is 4.84. The van der Waals surface area contributed by atoms with E-state index in [-0.39, 0.29) is 24.2 Å². The number of carbonyl (C=O) groups excluding carboxylic acids is 4. The molecule has 1 radical (unpaired) electrons. The third kappa shape index (κ3) is 7.03. The molecule has 2 aliphatic heterocycles. The summed E-state index contributed by atoms with van der Waals surface area (Å²) in [6.45, 7) is 1.30. The summed E-state index contributed by atoms with van der Waals surface area (Å²) in [5.74, 6) is -1.17. The van der Waals surface area contributed by atoms with Crippen molar-refractivity contribution < 1.29 is 19.2 Å². The Balaban J connectivity index is 1.70. The monoisotopic (exact) mass is 498 g/mol. The summed E-state index contributed by atoms with van der Waals surface area (Å²) in [5.41, 5.74) is 12.2. The number of hydrogen-bond acceptors (Lipinski definition) is 6. The van der Waals surface area contributed by atoms with Crippen LogP contribution in [0.25, 0.3) is 0 Å². The second kappa shape index (κ2) is 13.0. The molecule has 195 valence electrons. The quantitative estimate of drug-likeness (QED) is 0.154. The second-order valence-electron chi connectivity index (χ2n) is 9.34. The van der Waals surface area contributed by atoms with Gasteiger partial charge in [-0.05, 0) is 44.1 Å². The number of benzene rings is 1. The zero-order valence-electron chi connectivity index (χ0n) is 20.4. The predicted octanol–water partition coefficient (Wildman–Crippen LogP) is -0.604. The van der Waals surface area contributed by atoms with Crippen molar-refractivity contribution in [1.29, 1.82) is 5.41 Å². The molecule has 2 saturated heterocycles. The zero-order chi connectivity index (χ0) is 26.1.